The summed E-state index contributed by atoms with van der Waals surface area (Å²) in [4.78, 5) is 24.5. The number of rotatable bonds is 2. The monoisotopic (exact) mass is 219 g/mol. The van der Waals surface area contributed by atoms with E-state index in [0.29, 0.717) is 6.54 Å². The molecule has 1 rings (SSSR count). The molecule has 1 aromatic rings. The van der Waals surface area contributed by atoms with Gasteiger partial charge in [0.2, 0.25) is 0 Å². The van der Waals surface area contributed by atoms with Crippen LogP contribution in [0.25, 0.3) is 0 Å². The van der Waals surface area contributed by atoms with E-state index in [4.69, 9.17) is 0 Å². The molecule has 0 spiro atoms. The second-order valence-electron chi connectivity index (χ2n) is 3.35. The molecule has 0 aliphatic heterocycles. The summed E-state index contributed by atoms with van der Waals surface area (Å²) in [6.45, 7) is 5.89. The van der Waals surface area contributed by atoms with E-state index in [1.54, 1.807) is 7.05 Å². The summed E-state index contributed by atoms with van der Waals surface area (Å²) >= 11 is 0. The number of aromatic amines is 1. The first-order valence-corrected chi connectivity index (χ1v) is 4.69. The molecule has 0 fully saturated rings. The highest BCUT2D eigenvalue weighted by Gasteiger charge is 1.97. The Bertz CT molecular complexity index is 569. The largest absolute Gasteiger partial charge is 0.378 e. The molecule has 0 aliphatic carbocycles. The molecule has 5 heteroatoms. The third-order valence-electron chi connectivity index (χ3n) is 1.81. The summed E-state index contributed by atoms with van der Waals surface area (Å²) in [6, 6.07) is 0. The lowest BCUT2D eigenvalue weighted by molar-refractivity contribution is 0.795. The molecule has 0 aliphatic rings. The maximum absolute atomic E-state index is 11.3. The summed E-state index contributed by atoms with van der Waals surface area (Å²) < 4.78 is 1.28. The van der Waals surface area contributed by atoms with Crippen LogP contribution in [0.4, 0.5) is 0 Å². The highest BCUT2D eigenvalue weighted by molar-refractivity contribution is 5.29. The Balaban J connectivity index is 2.90. The average Bonchev–Trinajstić information content (AvgIpc) is 2.19. The van der Waals surface area contributed by atoms with Gasteiger partial charge in [-0.1, -0.05) is 18.4 Å². The molecule has 0 atom stereocenters. The Morgan fingerprint density at radius 1 is 1.62 bits per heavy atom. The SMILES string of the molecule is C=C(C)NCC#Cc1cn(C)c(=O)[nH]c1=O. The van der Waals surface area contributed by atoms with Crippen molar-refractivity contribution in [3.05, 3.63) is 44.9 Å². The summed E-state index contributed by atoms with van der Waals surface area (Å²) in [5.41, 5.74) is 0.163. The number of aromatic nitrogens is 2. The van der Waals surface area contributed by atoms with Crippen molar-refractivity contribution in [2.24, 2.45) is 7.05 Å². The highest BCUT2D eigenvalue weighted by atomic mass is 16.2. The van der Waals surface area contributed by atoms with Gasteiger partial charge >= 0.3 is 5.69 Å². The van der Waals surface area contributed by atoms with E-state index in [-0.39, 0.29) is 5.56 Å². The molecule has 5 nitrogen and oxygen atoms in total. The van der Waals surface area contributed by atoms with E-state index >= 15 is 0 Å². The Kier molecular flexibility index (Phi) is 3.72. The molecule has 16 heavy (non-hydrogen) atoms. The Morgan fingerprint density at radius 2 is 2.31 bits per heavy atom. The predicted octanol–water partition coefficient (Wildman–Crippen LogP) is -0.452. The first-order chi connectivity index (χ1) is 7.50. The number of nitrogens with zero attached hydrogens (tertiary/aromatic N) is 1. The van der Waals surface area contributed by atoms with Crippen molar-refractivity contribution in [2.75, 3.05) is 6.54 Å². The van der Waals surface area contributed by atoms with Crippen LogP contribution in [0.3, 0.4) is 0 Å². The normalized spacial score (nSPS) is 9.12. The molecule has 1 heterocycles. The molecular formula is C11H13N3O2. The maximum atomic E-state index is 11.3. The van der Waals surface area contributed by atoms with E-state index in [0.717, 1.165) is 5.70 Å². The van der Waals surface area contributed by atoms with Crippen LogP contribution in [-0.2, 0) is 7.05 Å². The van der Waals surface area contributed by atoms with E-state index in [9.17, 15) is 9.59 Å². The average molecular weight is 219 g/mol. The van der Waals surface area contributed by atoms with Gasteiger partial charge in [-0.15, -0.1) is 0 Å². The number of allylic oxidation sites excluding steroid dienone is 1. The van der Waals surface area contributed by atoms with Gasteiger partial charge in [-0.3, -0.25) is 9.78 Å². The van der Waals surface area contributed by atoms with Gasteiger partial charge in [0.25, 0.3) is 5.56 Å². The first-order valence-electron chi connectivity index (χ1n) is 4.69. The summed E-state index contributed by atoms with van der Waals surface area (Å²) in [5, 5.41) is 2.91. The zero-order valence-corrected chi connectivity index (χ0v) is 9.26. The molecule has 2 N–H and O–H groups in total. The van der Waals surface area contributed by atoms with Crippen LogP contribution < -0.4 is 16.6 Å². The van der Waals surface area contributed by atoms with E-state index < -0.39 is 11.2 Å². The second-order valence-corrected chi connectivity index (χ2v) is 3.35. The topological polar surface area (TPSA) is 66.9 Å². The molecule has 0 saturated carbocycles. The Hall–Kier alpha value is -2.22. The van der Waals surface area contributed by atoms with E-state index in [1.807, 2.05) is 6.92 Å². The summed E-state index contributed by atoms with van der Waals surface area (Å²) in [7, 11) is 1.55. The minimum atomic E-state index is -0.467. The fourth-order valence-corrected chi connectivity index (χ4v) is 0.987. The molecule has 0 unspecified atom stereocenters. The van der Waals surface area contributed by atoms with Crippen molar-refractivity contribution in [1.29, 1.82) is 0 Å². The van der Waals surface area contributed by atoms with Crippen LogP contribution in [0.5, 0.6) is 0 Å². The third-order valence-corrected chi connectivity index (χ3v) is 1.81. The van der Waals surface area contributed by atoms with E-state index in [2.05, 4.69) is 28.7 Å². The fourth-order valence-electron chi connectivity index (χ4n) is 0.987. The number of nitrogens with one attached hydrogen (secondary N) is 2. The number of H-pyrrole nitrogens is 1. The maximum Gasteiger partial charge on any atom is 0.328 e. The number of aryl methyl sites for hydroxylation is 1. The molecule has 0 aromatic carbocycles. The molecular weight excluding hydrogens is 206 g/mol. The minimum absolute atomic E-state index is 0.269. The van der Waals surface area contributed by atoms with Crippen LogP contribution in [0.15, 0.2) is 28.1 Å². The van der Waals surface area contributed by atoms with Crippen molar-refractivity contribution in [3.63, 3.8) is 0 Å². The van der Waals surface area contributed by atoms with Crippen molar-refractivity contribution >= 4 is 0 Å². The third kappa shape index (κ3) is 3.17. The van der Waals surface area contributed by atoms with Gasteiger partial charge in [0, 0.05) is 18.9 Å². The van der Waals surface area contributed by atoms with Crippen molar-refractivity contribution < 1.29 is 0 Å². The van der Waals surface area contributed by atoms with Gasteiger partial charge in [0.05, 0.1) is 6.54 Å². The molecule has 0 saturated heterocycles. The molecule has 0 amide bonds. The quantitative estimate of drug-likeness (QED) is 0.662. The molecule has 0 radical (unpaired) electrons. The van der Waals surface area contributed by atoms with Gasteiger partial charge in [-0.2, -0.15) is 0 Å². The van der Waals surface area contributed by atoms with Gasteiger partial charge in [-0.25, -0.2) is 4.79 Å². The van der Waals surface area contributed by atoms with Gasteiger partial charge < -0.3 is 9.88 Å². The molecule has 0 bridgehead atoms. The Labute approximate surface area is 92.8 Å². The fraction of sp³-hybridized carbons (Fsp3) is 0.273. The van der Waals surface area contributed by atoms with Crippen LogP contribution in [-0.4, -0.2) is 16.1 Å². The van der Waals surface area contributed by atoms with Crippen LogP contribution in [0.1, 0.15) is 12.5 Å². The Morgan fingerprint density at radius 3 is 2.94 bits per heavy atom. The number of hydrogen-bond donors (Lipinski definition) is 2. The molecule has 84 valence electrons. The van der Waals surface area contributed by atoms with Crippen LogP contribution >= 0.6 is 0 Å². The van der Waals surface area contributed by atoms with Crippen molar-refractivity contribution in [3.8, 4) is 11.8 Å². The van der Waals surface area contributed by atoms with Gasteiger partial charge in [-0.05, 0) is 6.92 Å². The van der Waals surface area contributed by atoms with Crippen LogP contribution in [0.2, 0.25) is 0 Å². The lowest BCUT2D eigenvalue weighted by Gasteiger charge is -1.97. The second kappa shape index (κ2) is 5.03. The zero-order chi connectivity index (χ0) is 12.1. The summed E-state index contributed by atoms with van der Waals surface area (Å²) in [5.74, 6) is 5.44. The number of hydrogen-bond acceptors (Lipinski definition) is 3. The van der Waals surface area contributed by atoms with E-state index in [1.165, 1.54) is 10.8 Å². The smallest absolute Gasteiger partial charge is 0.328 e. The lowest BCUT2D eigenvalue weighted by atomic mass is 10.3. The summed E-state index contributed by atoms with van der Waals surface area (Å²) in [6.07, 6.45) is 1.41. The standard InChI is InChI=1S/C11H13N3O2/c1-8(2)12-6-4-5-9-7-14(3)11(16)13-10(9)15/h7,12H,1,6H2,2-3H3,(H,13,15,16). The van der Waals surface area contributed by atoms with Crippen molar-refractivity contribution in [1.82, 2.24) is 14.9 Å². The lowest BCUT2D eigenvalue weighted by Crippen LogP contribution is -2.29. The van der Waals surface area contributed by atoms with Crippen molar-refractivity contribution in [2.45, 2.75) is 6.92 Å². The molecule has 1 aromatic heterocycles. The first kappa shape index (κ1) is 11.9. The predicted molar refractivity (Wildman–Crippen MR) is 62.0 cm³/mol. The van der Waals surface area contributed by atoms with Gasteiger partial charge in [0.1, 0.15) is 5.56 Å². The van der Waals surface area contributed by atoms with Crippen LogP contribution in [0, 0.1) is 11.8 Å². The zero-order valence-electron chi connectivity index (χ0n) is 9.26. The minimum Gasteiger partial charge on any atom is -0.378 e. The highest BCUT2D eigenvalue weighted by Crippen LogP contribution is 1.82. The van der Waals surface area contributed by atoms with Gasteiger partial charge in [0.15, 0.2) is 0 Å².